The van der Waals surface area contributed by atoms with Crippen LogP contribution in [-0.2, 0) is 9.59 Å². The van der Waals surface area contributed by atoms with Gasteiger partial charge in [0.1, 0.15) is 5.41 Å². The first-order chi connectivity index (χ1) is 9.85. The lowest BCUT2D eigenvalue weighted by molar-refractivity contribution is -0.134. The monoisotopic (exact) mass is 288 g/mol. The molecule has 2 amide bonds. The predicted molar refractivity (Wildman–Crippen MR) is 80.0 cm³/mol. The van der Waals surface area contributed by atoms with E-state index in [4.69, 9.17) is 0 Å². The van der Waals surface area contributed by atoms with E-state index in [-0.39, 0.29) is 23.6 Å². The molecule has 0 unspecified atom stereocenters. The summed E-state index contributed by atoms with van der Waals surface area (Å²) in [6.07, 6.45) is 1.12. The summed E-state index contributed by atoms with van der Waals surface area (Å²) in [5.74, 6) is -0.594. The summed E-state index contributed by atoms with van der Waals surface area (Å²) in [6.45, 7) is 5.20. The highest BCUT2D eigenvalue weighted by atomic mass is 16.2. The van der Waals surface area contributed by atoms with Crippen molar-refractivity contribution < 1.29 is 14.4 Å². The lowest BCUT2D eigenvalue weighted by Crippen LogP contribution is -2.42. The molecule has 0 bridgehead atoms. The van der Waals surface area contributed by atoms with Gasteiger partial charge in [0.05, 0.1) is 0 Å². The van der Waals surface area contributed by atoms with Crippen molar-refractivity contribution in [2.45, 2.75) is 39.7 Å². The van der Waals surface area contributed by atoms with Gasteiger partial charge in [0.25, 0.3) is 0 Å². The van der Waals surface area contributed by atoms with E-state index in [2.05, 4.69) is 10.6 Å². The number of carbonyl (C=O) groups is 3. The van der Waals surface area contributed by atoms with Crippen LogP contribution in [0.15, 0.2) is 24.3 Å². The number of amides is 2. The number of hydrogen-bond acceptors (Lipinski definition) is 3. The van der Waals surface area contributed by atoms with Crippen molar-refractivity contribution in [3.8, 4) is 0 Å². The maximum atomic E-state index is 12.3. The molecule has 1 aliphatic rings. The Balaban J connectivity index is 2.09. The number of Topliss-reactive ketones (excluding diaryl/α,β-unsaturated/α-hetero) is 1. The summed E-state index contributed by atoms with van der Waals surface area (Å²) in [7, 11) is 0. The largest absolute Gasteiger partial charge is 0.353 e. The highest BCUT2D eigenvalue weighted by Crippen LogP contribution is 2.46. The Labute approximate surface area is 124 Å². The van der Waals surface area contributed by atoms with Crippen molar-refractivity contribution in [1.82, 2.24) is 5.32 Å². The normalized spacial score (nSPS) is 15.4. The Morgan fingerprint density at radius 1 is 1.14 bits per heavy atom. The number of benzene rings is 1. The van der Waals surface area contributed by atoms with E-state index >= 15 is 0 Å². The summed E-state index contributed by atoms with van der Waals surface area (Å²) in [5, 5.41) is 5.53. The molecule has 1 aliphatic carbocycles. The second-order valence-corrected chi connectivity index (χ2v) is 5.80. The van der Waals surface area contributed by atoms with Gasteiger partial charge in [-0.05, 0) is 45.7 Å². The van der Waals surface area contributed by atoms with Gasteiger partial charge in [0, 0.05) is 17.3 Å². The second-order valence-electron chi connectivity index (χ2n) is 5.80. The smallest absolute Gasteiger partial charge is 0.240 e. The molecule has 0 aliphatic heterocycles. The van der Waals surface area contributed by atoms with E-state index in [0.29, 0.717) is 24.1 Å². The van der Waals surface area contributed by atoms with Gasteiger partial charge in [-0.25, -0.2) is 0 Å². The standard InChI is InChI=1S/C16H20N2O3/c1-10(2)17-14(20)16(7-8-16)15(21)18-13-6-4-5-12(9-13)11(3)19/h4-6,9-10H,7-8H2,1-3H3,(H,17,20)(H,18,21). The Morgan fingerprint density at radius 2 is 1.81 bits per heavy atom. The average Bonchev–Trinajstić information content (AvgIpc) is 3.19. The molecular formula is C16H20N2O3. The lowest BCUT2D eigenvalue weighted by atomic mass is 10.0. The molecule has 0 aromatic heterocycles. The maximum Gasteiger partial charge on any atom is 0.240 e. The third-order valence-corrected chi connectivity index (χ3v) is 3.57. The molecule has 0 saturated heterocycles. The van der Waals surface area contributed by atoms with Crippen LogP contribution in [0.1, 0.15) is 44.0 Å². The van der Waals surface area contributed by atoms with Crippen LogP contribution >= 0.6 is 0 Å². The molecule has 0 heterocycles. The van der Waals surface area contributed by atoms with Crippen molar-refractivity contribution in [3.05, 3.63) is 29.8 Å². The quantitative estimate of drug-likeness (QED) is 0.644. The van der Waals surface area contributed by atoms with E-state index in [0.717, 1.165) is 0 Å². The number of ketones is 1. The van der Waals surface area contributed by atoms with E-state index in [9.17, 15) is 14.4 Å². The summed E-state index contributed by atoms with van der Waals surface area (Å²) >= 11 is 0. The zero-order valence-corrected chi connectivity index (χ0v) is 12.5. The molecule has 1 fully saturated rings. The summed E-state index contributed by atoms with van der Waals surface area (Å²) < 4.78 is 0. The van der Waals surface area contributed by atoms with Crippen LogP contribution in [0.3, 0.4) is 0 Å². The van der Waals surface area contributed by atoms with E-state index < -0.39 is 5.41 Å². The van der Waals surface area contributed by atoms with Gasteiger partial charge in [0.15, 0.2) is 5.78 Å². The third-order valence-electron chi connectivity index (χ3n) is 3.57. The van der Waals surface area contributed by atoms with Gasteiger partial charge in [-0.2, -0.15) is 0 Å². The van der Waals surface area contributed by atoms with Crippen LogP contribution in [0, 0.1) is 5.41 Å². The van der Waals surface area contributed by atoms with Crippen LogP contribution in [0.2, 0.25) is 0 Å². The maximum absolute atomic E-state index is 12.3. The van der Waals surface area contributed by atoms with Gasteiger partial charge in [-0.15, -0.1) is 0 Å². The zero-order chi connectivity index (χ0) is 15.6. The zero-order valence-electron chi connectivity index (χ0n) is 12.5. The summed E-state index contributed by atoms with van der Waals surface area (Å²) in [6, 6.07) is 6.73. The van der Waals surface area contributed by atoms with Crippen LogP contribution < -0.4 is 10.6 Å². The topological polar surface area (TPSA) is 75.3 Å². The molecule has 2 N–H and O–H groups in total. The first-order valence-corrected chi connectivity index (χ1v) is 7.08. The molecule has 5 heteroatoms. The van der Waals surface area contributed by atoms with E-state index in [1.54, 1.807) is 24.3 Å². The van der Waals surface area contributed by atoms with Gasteiger partial charge < -0.3 is 10.6 Å². The Hall–Kier alpha value is -2.17. The Morgan fingerprint density at radius 3 is 2.33 bits per heavy atom. The molecular weight excluding hydrogens is 268 g/mol. The number of anilines is 1. The first kappa shape index (κ1) is 15.2. The third kappa shape index (κ3) is 3.29. The van der Waals surface area contributed by atoms with E-state index in [1.165, 1.54) is 6.92 Å². The molecule has 0 radical (unpaired) electrons. The highest BCUT2D eigenvalue weighted by molar-refractivity contribution is 6.13. The number of hydrogen-bond donors (Lipinski definition) is 2. The minimum atomic E-state index is -0.948. The Kier molecular flexibility index (Phi) is 4.11. The number of carbonyl (C=O) groups excluding carboxylic acids is 3. The van der Waals surface area contributed by atoms with Crippen molar-refractivity contribution >= 4 is 23.3 Å². The molecule has 0 spiro atoms. The summed E-state index contributed by atoms with van der Waals surface area (Å²) in [4.78, 5) is 35.8. The van der Waals surface area contributed by atoms with Crippen LogP contribution in [0.5, 0.6) is 0 Å². The minimum absolute atomic E-state index is 0.00353. The van der Waals surface area contributed by atoms with Crippen molar-refractivity contribution in [3.63, 3.8) is 0 Å². The van der Waals surface area contributed by atoms with Crippen molar-refractivity contribution in [1.29, 1.82) is 0 Å². The number of rotatable bonds is 5. The molecule has 112 valence electrons. The van der Waals surface area contributed by atoms with Gasteiger partial charge in [0.2, 0.25) is 11.8 Å². The van der Waals surface area contributed by atoms with Gasteiger partial charge in [-0.3, -0.25) is 14.4 Å². The van der Waals surface area contributed by atoms with Gasteiger partial charge >= 0.3 is 0 Å². The van der Waals surface area contributed by atoms with Crippen molar-refractivity contribution in [2.24, 2.45) is 5.41 Å². The van der Waals surface area contributed by atoms with Crippen molar-refractivity contribution in [2.75, 3.05) is 5.32 Å². The molecule has 1 saturated carbocycles. The summed E-state index contributed by atoms with van der Waals surface area (Å²) in [5.41, 5.74) is 0.122. The molecule has 2 rings (SSSR count). The number of nitrogens with one attached hydrogen (secondary N) is 2. The molecule has 1 aromatic rings. The van der Waals surface area contributed by atoms with E-state index in [1.807, 2.05) is 13.8 Å². The van der Waals surface area contributed by atoms with Gasteiger partial charge in [-0.1, -0.05) is 12.1 Å². The molecule has 5 nitrogen and oxygen atoms in total. The minimum Gasteiger partial charge on any atom is -0.353 e. The predicted octanol–water partition coefficient (Wildman–Crippen LogP) is 2.13. The fraction of sp³-hybridized carbons (Fsp3) is 0.438. The average molecular weight is 288 g/mol. The highest BCUT2D eigenvalue weighted by Gasteiger charge is 2.56. The molecule has 21 heavy (non-hydrogen) atoms. The lowest BCUT2D eigenvalue weighted by Gasteiger charge is -2.17. The van der Waals surface area contributed by atoms with Crippen LogP contribution in [0.4, 0.5) is 5.69 Å². The second kappa shape index (κ2) is 5.68. The van der Waals surface area contributed by atoms with Crippen LogP contribution in [0.25, 0.3) is 0 Å². The first-order valence-electron chi connectivity index (χ1n) is 7.08. The molecule has 1 aromatic carbocycles. The van der Waals surface area contributed by atoms with Crippen LogP contribution in [-0.4, -0.2) is 23.6 Å². The SMILES string of the molecule is CC(=O)c1cccc(NC(=O)C2(C(=O)NC(C)C)CC2)c1. The fourth-order valence-corrected chi connectivity index (χ4v) is 2.15. The fourth-order valence-electron chi connectivity index (χ4n) is 2.15. The molecule has 0 atom stereocenters. The Bertz CT molecular complexity index is 589.